The molecular formula is C17H24ClF3N2O4S. The maximum absolute atomic E-state index is 12.7. The van der Waals surface area contributed by atoms with E-state index in [0.717, 1.165) is 31.0 Å². The number of alkyl halides is 3. The van der Waals surface area contributed by atoms with Gasteiger partial charge in [-0.25, -0.2) is 8.42 Å². The van der Waals surface area contributed by atoms with Crippen molar-refractivity contribution >= 4 is 33.0 Å². The van der Waals surface area contributed by atoms with Gasteiger partial charge in [-0.3, -0.25) is 4.79 Å². The predicted octanol–water partition coefficient (Wildman–Crippen LogP) is 3.27. The van der Waals surface area contributed by atoms with Crippen LogP contribution in [0.2, 0.25) is 5.02 Å². The number of carbonyl (C=O) groups excluding carboxylic acids is 1. The van der Waals surface area contributed by atoms with Crippen molar-refractivity contribution in [3.63, 3.8) is 0 Å². The van der Waals surface area contributed by atoms with Crippen molar-refractivity contribution in [3.8, 4) is 0 Å². The molecule has 11 heteroatoms. The van der Waals surface area contributed by atoms with Crippen LogP contribution in [0, 0.1) is 0 Å². The van der Waals surface area contributed by atoms with Crippen LogP contribution in [0.1, 0.15) is 39.5 Å². The van der Waals surface area contributed by atoms with Crippen molar-refractivity contribution in [1.29, 1.82) is 0 Å². The molecule has 1 rings (SSSR count). The molecule has 0 aliphatic carbocycles. The number of amides is 1. The van der Waals surface area contributed by atoms with Gasteiger partial charge in [-0.1, -0.05) is 37.8 Å². The number of hydrogen-bond donors (Lipinski definition) is 3. The molecule has 0 heterocycles. The molecule has 1 aromatic carbocycles. The molecule has 0 aromatic heterocycles. The molecule has 0 bridgehead atoms. The minimum absolute atomic E-state index is 0.0867. The van der Waals surface area contributed by atoms with E-state index >= 15 is 0 Å². The van der Waals surface area contributed by atoms with Gasteiger partial charge in [0.05, 0.1) is 20.9 Å². The third-order valence-corrected chi connectivity index (χ3v) is 6.87. The largest absolute Gasteiger partial charge is 0.426 e. The Hall–Kier alpha value is -1.36. The second-order valence-electron chi connectivity index (χ2n) is 6.56. The number of sulfone groups is 1. The first-order valence-electron chi connectivity index (χ1n) is 8.63. The fraction of sp³-hybridized carbons (Fsp3) is 0.588. The normalized spacial score (nSPS) is 15.7. The minimum atomic E-state index is -5.19. The van der Waals surface area contributed by atoms with Gasteiger partial charge in [0.25, 0.3) is 5.91 Å². The molecular weight excluding hydrogens is 421 g/mol. The minimum Gasteiger partial charge on any atom is -0.373 e. The number of hydrogen-bond acceptors (Lipinski definition) is 5. The van der Waals surface area contributed by atoms with E-state index in [0.29, 0.717) is 19.8 Å². The number of aliphatic hydroxyl groups is 1. The topological polar surface area (TPSA) is 109 Å². The van der Waals surface area contributed by atoms with Crippen LogP contribution in [0.25, 0.3) is 0 Å². The standard InChI is InChI=1S/C17H24ClF3N2O4S/c1-3-4-5-6-12(10-22)28(26,27)11-7-8-14(13(18)9-11)23-15(24)16(2,25)17(19,20)21/h7-9,12,25H,3-6,10,22H2,1-2H3,(H,23,24). The van der Waals surface area contributed by atoms with Gasteiger partial charge in [0.15, 0.2) is 9.84 Å². The highest BCUT2D eigenvalue weighted by atomic mass is 35.5. The zero-order chi connectivity index (χ0) is 21.8. The van der Waals surface area contributed by atoms with Crippen LogP contribution < -0.4 is 11.1 Å². The van der Waals surface area contributed by atoms with Crippen LogP contribution >= 0.6 is 11.6 Å². The Labute approximate surface area is 167 Å². The van der Waals surface area contributed by atoms with Crippen LogP contribution in [0.4, 0.5) is 18.9 Å². The summed E-state index contributed by atoms with van der Waals surface area (Å²) in [5.41, 5.74) is 1.70. The Bertz CT molecular complexity index is 798. The number of halogens is 4. The van der Waals surface area contributed by atoms with Crippen molar-refractivity contribution in [2.45, 2.75) is 61.5 Å². The molecule has 160 valence electrons. The maximum atomic E-state index is 12.7. The van der Waals surface area contributed by atoms with Crippen LogP contribution in [-0.4, -0.2) is 43.0 Å². The monoisotopic (exact) mass is 444 g/mol. The maximum Gasteiger partial charge on any atom is 0.426 e. The van der Waals surface area contributed by atoms with Gasteiger partial charge in [-0.05, 0) is 31.5 Å². The zero-order valence-corrected chi connectivity index (χ0v) is 17.1. The molecule has 0 radical (unpaired) electrons. The molecule has 0 aliphatic heterocycles. The summed E-state index contributed by atoms with van der Waals surface area (Å²) in [7, 11) is -3.80. The number of unbranched alkanes of at least 4 members (excludes halogenated alkanes) is 2. The number of anilines is 1. The average Bonchev–Trinajstić information content (AvgIpc) is 2.59. The first kappa shape index (κ1) is 24.7. The number of benzene rings is 1. The number of carbonyl (C=O) groups is 1. The third-order valence-electron chi connectivity index (χ3n) is 4.34. The summed E-state index contributed by atoms with van der Waals surface area (Å²) >= 11 is 5.95. The van der Waals surface area contributed by atoms with E-state index in [2.05, 4.69) is 0 Å². The van der Waals surface area contributed by atoms with E-state index in [-0.39, 0.29) is 22.2 Å². The molecule has 2 unspecified atom stereocenters. The number of nitrogens with one attached hydrogen (secondary N) is 1. The summed E-state index contributed by atoms with van der Waals surface area (Å²) in [6.07, 6.45) is -2.36. The summed E-state index contributed by atoms with van der Waals surface area (Å²) in [5, 5.41) is 10.1. The van der Waals surface area contributed by atoms with Gasteiger partial charge >= 0.3 is 6.18 Å². The van der Waals surface area contributed by atoms with Crippen LogP contribution in [0.15, 0.2) is 23.1 Å². The lowest BCUT2D eigenvalue weighted by Crippen LogP contribution is -2.52. The Kier molecular flexibility index (Phi) is 8.31. The highest BCUT2D eigenvalue weighted by Crippen LogP contribution is 2.33. The Morgan fingerprint density at radius 3 is 2.39 bits per heavy atom. The smallest absolute Gasteiger partial charge is 0.373 e. The van der Waals surface area contributed by atoms with Crippen molar-refractivity contribution in [2.75, 3.05) is 11.9 Å². The van der Waals surface area contributed by atoms with E-state index < -0.39 is 32.8 Å². The number of rotatable bonds is 9. The van der Waals surface area contributed by atoms with Gasteiger partial charge in [0.2, 0.25) is 5.60 Å². The van der Waals surface area contributed by atoms with Gasteiger partial charge in [0.1, 0.15) is 0 Å². The number of nitrogens with two attached hydrogens (primary N) is 1. The van der Waals surface area contributed by atoms with Crippen molar-refractivity contribution in [2.24, 2.45) is 5.73 Å². The Morgan fingerprint density at radius 2 is 1.93 bits per heavy atom. The first-order valence-corrected chi connectivity index (χ1v) is 10.6. The van der Waals surface area contributed by atoms with Gasteiger partial charge in [-0.2, -0.15) is 13.2 Å². The third kappa shape index (κ3) is 5.59. The Balaban J connectivity index is 3.07. The van der Waals surface area contributed by atoms with Gasteiger partial charge in [0, 0.05) is 6.54 Å². The summed E-state index contributed by atoms with van der Waals surface area (Å²) in [6.45, 7) is 2.20. The molecule has 0 spiro atoms. The molecule has 0 aliphatic rings. The summed E-state index contributed by atoms with van der Waals surface area (Å²) in [5.74, 6) is -1.74. The van der Waals surface area contributed by atoms with Crippen LogP contribution in [-0.2, 0) is 14.6 Å². The molecule has 28 heavy (non-hydrogen) atoms. The molecule has 0 saturated heterocycles. The van der Waals surface area contributed by atoms with Gasteiger partial charge < -0.3 is 16.2 Å². The molecule has 0 fully saturated rings. The van der Waals surface area contributed by atoms with Crippen LogP contribution in [0.5, 0.6) is 0 Å². The van der Waals surface area contributed by atoms with E-state index in [1.54, 1.807) is 0 Å². The molecule has 0 saturated carbocycles. The van der Waals surface area contributed by atoms with E-state index in [1.807, 2.05) is 12.2 Å². The second-order valence-corrected chi connectivity index (χ2v) is 9.20. The summed E-state index contributed by atoms with van der Waals surface area (Å²) in [4.78, 5) is 11.6. The van der Waals surface area contributed by atoms with E-state index in [9.17, 15) is 31.5 Å². The zero-order valence-electron chi connectivity index (χ0n) is 15.5. The van der Waals surface area contributed by atoms with E-state index in [4.69, 9.17) is 17.3 Å². The quantitative estimate of drug-likeness (QED) is 0.506. The summed E-state index contributed by atoms with van der Waals surface area (Å²) < 4.78 is 63.6. The lowest BCUT2D eigenvalue weighted by Gasteiger charge is -2.25. The van der Waals surface area contributed by atoms with Crippen molar-refractivity contribution in [3.05, 3.63) is 23.2 Å². The molecule has 4 N–H and O–H groups in total. The highest BCUT2D eigenvalue weighted by molar-refractivity contribution is 7.92. The Morgan fingerprint density at radius 1 is 1.32 bits per heavy atom. The van der Waals surface area contributed by atoms with Crippen molar-refractivity contribution < 1.29 is 31.5 Å². The van der Waals surface area contributed by atoms with Crippen molar-refractivity contribution in [1.82, 2.24) is 0 Å². The SMILES string of the molecule is CCCCCC(CN)S(=O)(=O)c1ccc(NC(=O)C(C)(O)C(F)(F)F)c(Cl)c1. The summed E-state index contributed by atoms with van der Waals surface area (Å²) in [6, 6.07) is 3.23. The molecule has 2 atom stereocenters. The first-order chi connectivity index (χ1) is 12.8. The molecule has 1 amide bonds. The lowest BCUT2D eigenvalue weighted by molar-refractivity contribution is -0.242. The van der Waals surface area contributed by atoms with Gasteiger partial charge in [-0.15, -0.1) is 0 Å². The van der Waals surface area contributed by atoms with Crippen LogP contribution in [0.3, 0.4) is 0 Å². The fourth-order valence-corrected chi connectivity index (χ4v) is 4.31. The lowest BCUT2D eigenvalue weighted by atomic mass is 10.1. The molecule has 6 nitrogen and oxygen atoms in total. The second kappa shape index (κ2) is 9.43. The fourth-order valence-electron chi connectivity index (χ4n) is 2.36. The average molecular weight is 445 g/mol. The van der Waals surface area contributed by atoms with E-state index in [1.165, 1.54) is 0 Å². The highest BCUT2D eigenvalue weighted by Gasteiger charge is 2.55. The predicted molar refractivity (Wildman–Crippen MR) is 101 cm³/mol. The molecule has 1 aromatic rings.